The van der Waals surface area contributed by atoms with Crippen molar-refractivity contribution in [3.05, 3.63) is 59.7 Å². The van der Waals surface area contributed by atoms with Gasteiger partial charge >= 0.3 is 0 Å². The molecule has 0 fully saturated rings. The standard InChI is InChI=1S/C18H22N2O2/c1-3-20(11-12-21)17-6-4-5-16(13-17)19-18(22)15-9-7-14(2)8-10-15/h4-10,13,21H,3,11-12H2,1-2H3,(H,19,22). The normalized spacial score (nSPS) is 10.3. The van der Waals surface area contributed by atoms with E-state index in [2.05, 4.69) is 10.2 Å². The Labute approximate surface area is 131 Å². The Morgan fingerprint density at radius 2 is 1.91 bits per heavy atom. The topological polar surface area (TPSA) is 52.6 Å². The number of benzene rings is 2. The van der Waals surface area contributed by atoms with Crippen LogP contribution < -0.4 is 10.2 Å². The number of aryl methyl sites for hydroxylation is 1. The molecule has 0 aliphatic rings. The molecule has 0 saturated carbocycles. The van der Waals surface area contributed by atoms with Gasteiger partial charge in [0.15, 0.2) is 0 Å². The zero-order valence-corrected chi connectivity index (χ0v) is 13.0. The lowest BCUT2D eigenvalue weighted by atomic mass is 10.1. The first-order valence-corrected chi connectivity index (χ1v) is 7.48. The number of likely N-dealkylation sites (N-methyl/N-ethyl adjacent to an activating group) is 1. The Morgan fingerprint density at radius 1 is 1.18 bits per heavy atom. The molecule has 0 bridgehead atoms. The molecule has 4 heteroatoms. The molecule has 0 spiro atoms. The number of nitrogens with zero attached hydrogens (tertiary/aromatic N) is 1. The van der Waals surface area contributed by atoms with Crippen LogP contribution in [0.4, 0.5) is 11.4 Å². The molecule has 2 N–H and O–H groups in total. The summed E-state index contributed by atoms with van der Waals surface area (Å²) in [6.45, 7) is 5.51. The van der Waals surface area contributed by atoms with Crippen molar-refractivity contribution in [1.82, 2.24) is 0 Å². The molecular weight excluding hydrogens is 276 g/mol. The summed E-state index contributed by atoms with van der Waals surface area (Å²) in [5.41, 5.74) is 3.50. The van der Waals surface area contributed by atoms with Crippen LogP contribution in [0, 0.1) is 6.92 Å². The maximum Gasteiger partial charge on any atom is 0.255 e. The van der Waals surface area contributed by atoms with E-state index in [1.807, 2.05) is 62.4 Å². The maximum atomic E-state index is 12.2. The van der Waals surface area contributed by atoms with Crippen LogP contribution in [0.25, 0.3) is 0 Å². The van der Waals surface area contributed by atoms with Crippen LogP contribution in [0.3, 0.4) is 0 Å². The molecule has 0 unspecified atom stereocenters. The number of hydrogen-bond acceptors (Lipinski definition) is 3. The first-order valence-electron chi connectivity index (χ1n) is 7.48. The van der Waals surface area contributed by atoms with Crippen LogP contribution in [0.15, 0.2) is 48.5 Å². The molecule has 0 aliphatic heterocycles. The minimum atomic E-state index is -0.123. The summed E-state index contributed by atoms with van der Waals surface area (Å²) < 4.78 is 0. The number of hydrogen-bond donors (Lipinski definition) is 2. The summed E-state index contributed by atoms with van der Waals surface area (Å²) in [5, 5.41) is 12.0. The lowest BCUT2D eigenvalue weighted by Crippen LogP contribution is -2.26. The lowest BCUT2D eigenvalue weighted by Gasteiger charge is -2.22. The van der Waals surface area contributed by atoms with Gasteiger partial charge in [0.05, 0.1) is 6.61 Å². The first-order chi connectivity index (χ1) is 10.6. The van der Waals surface area contributed by atoms with Crippen LogP contribution in [0.1, 0.15) is 22.8 Å². The molecule has 0 aromatic heterocycles. The lowest BCUT2D eigenvalue weighted by molar-refractivity contribution is 0.102. The van der Waals surface area contributed by atoms with Crippen molar-refractivity contribution in [2.24, 2.45) is 0 Å². The third-order valence-corrected chi connectivity index (χ3v) is 3.53. The SMILES string of the molecule is CCN(CCO)c1cccc(NC(=O)c2ccc(C)cc2)c1. The Bertz CT molecular complexity index is 623. The number of carbonyl (C=O) groups excluding carboxylic acids is 1. The summed E-state index contributed by atoms with van der Waals surface area (Å²) in [7, 11) is 0. The molecule has 0 atom stereocenters. The van der Waals surface area contributed by atoms with E-state index in [-0.39, 0.29) is 12.5 Å². The molecule has 2 aromatic rings. The van der Waals surface area contributed by atoms with Crippen LogP contribution in [0.5, 0.6) is 0 Å². The monoisotopic (exact) mass is 298 g/mol. The van der Waals surface area contributed by atoms with Crippen molar-refractivity contribution in [3.8, 4) is 0 Å². The van der Waals surface area contributed by atoms with Crippen molar-refractivity contribution in [2.45, 2.75) is 13.8 Å². The second-order valence-electron chi connectivity index (χ2n) is 5.17. The Hall–Kier alpha value is -2.33. The molecule has 22 heavy (non-hydrogen) atoms. The number of nitrogens with one attached hydrogen (secondary N) is 1. The highest BCUT2D eigenvalue weighted by Crippen LogP contribution is 2.20. The van der Waals surface area contributed by atoms with Gasteiger partial charge in [0.25, 0.3) is 5.91 Å². The first kappa shape index (κ1) is 16.0. The molecule has 4 nitrogen and oxygen atoms in total. The number of rotatable bonds is 6. The molecule has 1 amide bonds. The average molecular weight is 298 g/mol. The predicted molar refractivity (Wildman–Crippen MR) is 90.5 cm³/mol. The number of amides is 1. The van der Waals surface area contributed by atoms with Crippen molar-refractivity contribution in [3.63, 3.8) is 0 Å². The van der Waals surface area contributed by atoms with Gasteiger partial charge in [-0.2, -0.15) is 0 Å². The van der Waals surface area contributed by atoms with Crippen molar-refractivity contribution >= 4 is 17.3 Å². The second kappa shape index (κ2) is 7.61. The van der Waals surface area contributed by atoms with Gasteiger partial charge in [-0.25, -0.2) is 0 Å². The van der Waals surface area contributed by atoms with Gasteiger partial charge in [-0.15, -0.1) is 0 Å². The fourth-order valence-electron chi connectivity index (χ4n) is 2.28. The Kier molecular flexibility index (Phi) is 5.55. The van der Waals surface area contributed by atoms with E-state index in [4.69, 9.17) is 5.11 Å². The van der Waals surface area contributed by atoms with Crippen LogP contribution in [-0.2, 0) is 0 Å². The van der Waals surface area contributed by atoms with E-state index in [0.717, 1.165) is 23.5 Å². The fraction of sp³-hybridized carbons (Fsp3) is 0.278. The molecule has 2 aromatic carbocycles. The van der Waals surface area contributed by atoms with Crippen molar-refractivity contribution in [1.29, 1.82) is 0 Å². The largest absolute Gasteiger partial charge is 0.395 e. The Balaban J connectivity index is 2.12. The number of carbonyl (C=O) groups is 1. The summed E-state index contributed by atoms with van der Waals surface area (Å²) in [5.74, 6) is -0.123. The highest BCUT2D eigenvalue weighted by molar-refractivity contribution is 6.04. The summed E-state index contributed by atoms with van der Waals surface area (Å²) in [6, 6.07) is 15.1. The Morgan fingerprint density at radius 3 is 2.55 bits per heavy atom. The molecule has 2 rings (SSSR count). The summed E-state index contributed by atoms with van der Waals surface area (Å²) >= 11 is 0. The molecule has 116 valence electrons. The number of aliphatic hydroxyl groups excluding tert-OH is 1. The van der Waals surface area contributed by atoms with Gasteiger partial charge in [0, 0.05) is 30.0 Å². The van der Waals surface area contributed by atoms with E-state index in [1.165, 1.54) is 0 Å². The average Bonchev–Trinajstić information content (AvgIpc) is 2.53. The predicted octanol–water partition coefficient (Wildman–Crippen LogP) is 3.07. The second-order valence-corrected chi connectivity index (χ2v) is 5.17. The van der Waals surface area contributed by atoms with E-state index >= 15 is 0 Å². The minimum absolute atomic E-state index is 0.105. The van der Waals surface area contributed by atoms with Crippen LogP contribution >= 0.6 is 0 Å². The van der Waals surface area contributed by atoms with Crippen LogP contribution in [0.2, 0.25) is 0 Å². The van der Waals surface area contributed by atoms with E-state index in [1.54, 1.807) is 0 Å². The van der Waals surface area contributed by atoms with Crippen molar-refractivity contribution in [2.75, 3.05) is 29.9 Å². The number of aliphatic hydroxyl groups is 1. The zero-order valence-electron chi connectivity index (χ0n) is 13.0. The highest BCUT2D eigenvalue weighted by Gasteiger charge is 2.08. The van der Waals surface area contributed by atoms with E-state index in [0.29, 0.717) is 12.1 Å². The quantitative estimate of drug-likeness (QED) is 0.862. The van der Waals surface area contributed by atoms with Gasteiger partial charge in [0.1, 0.15) is 0 Å². The smallest absolute Gasteiger partial charge is 0.255 e. The maximum absolute atomic E-state index is 12.2. The minimum Gasteiger partial charge on any atom is -0.395 e. The van der Waals surface area contributed by atoms with Gasteiger partial charge in [-0.1, -0.05) is 23.8 Å². The van der Waals surface area contributed by atoms with E-state index in [9.17, 15) is 4.79 Å². The molecular formula is C18H22N2O2. The summed E-state index contributed by atoms with van der Waals surface area (Å²) in [4.78, 5) is 14.3. The van der Waals surface area contributed by atoms with Gasteiger partial charge in [-0.05, 0) is 44.2 Å². The molecule has 0 aliphatic carbocycles. The zero-order chi connectivity index (χ0) is 15.9. The number of anilines is 2. The van der Waals surface area contributed by atoms with E-state index < -0.39 is 0 Å². The molecule has 0 saturated heterocycles. The molecule has 0 radical (unpaired) electrons. The van der Waals surface area contributed by atoms with Gasteiger partial charge < -0.3 is 15.3 Å². The van der Waals surface area contributed by atoms with Gasteiger partial charge in [-0.3, -0.25) is 4.79 Å². The fourth-order valence-corrected chi connectivity index (χ4v) is 2.28. The van der Waals surface area contributed by atoms with Crippen LogP contribution in [-0.4, -0.2) is 30.7 Å². The third-order valence-electron chi connectivity index (χ3n) is 3.53. The third kappa shape index (κ3) is 4.09. The highest BCUT2D eigenvalue weighted by atomic mass is 16.3. The van der Waals surface area contributed by atoms with Crippen molar-refractivity contribution < 1.29 is 9.90 Å². The molecule has 0 heterocycles. The van der Waals surface area contributed by atoms with Gasteiger partial charge in [0.2, 0.25) is 0 Å². The summed E-state index contributed by atoms with van der Waals surface area (Å²) in [6.07, 6.45) is 0.